The molecule has 138 valence electrons. The molecule has 2 amide bonds. The lowest BCUT2D eigenvalue weighted by Gasteiger charge is -2.36. The van der Waals surface area contributed by atoms with E-state index in [1.807, 2.05) is 12.1 Å². The van der Waals surface area contributed by atoms with Gasteiger partial charge in [0, 0.05) is 33.2 Å². The Morgan fingerprint density at radius 1 is 1.24 bits per heavy atom. The van der Waals surface area contributed by atoms with Gasteiger partial charge in [0.05, 0.1) is 0 Å². The molecule has 2 heterocycles. The quantitative estimate of drug-likeness (QED) is 0.765. The van der Waals surface area contributed by atoms with Gasteiger partial charge in [-0.15, -0.1) is 0 Å². The Balaban J connectivity index is 1.84. The zero-order valence-electron chi connectivity index (χ0n) is 15.2. The highest BCUT2D eigenvalue weighted by Gasteiger charge is 2.26. The van der Waals surface area contributed by atoms with Gasteiger partial charge in [0.25, 0.3) is 0 Å². The number of amides is 2. The Bertz CT molecular complexity index is 625. The Kier molecular flexibility index (Phi) is 6.11. The Morgan fingerprint density at radius 2 is 1.88 bits per heavy atom. The zero-order chi connectivity index (χ0) is 18.6. The maximum atomic E-state index is 12.4. The summed E-state index contributed by atoms with van der Waals surface area (Å²) in [6.45, 7) is 7.90. The van der Waals surface area contributed by atoms with Crippen LogP contribution >= 0.6 is 11.6 Å². The molecule has 1 aliphatic rings. The molecule has 2 rings (SSSR count). The summed E-state index contributed by atoms with van der Waals surface area (Å²) in [7, 11) is 1.57. The van der Waals surface area contributed by atoms with Crippen LogP contribution in [-0.4, -0.2) is 72.2 Å². The molecule has 0 bridgehead atoms. The molecule has 1 aliphatic heterocycles. The van der Waals surface area contributed by atoms with Crippen molar-refractivity contribution in [1.29, 1.82) is 0 Å². The second-order valence-corrected chi connectivity index (χ2v) is 7.41. The third kappa shape index (κ3) is 5.77. The van der Waals surface area contributed by atoms with Gasteiger partial charge in [0.1, 0.15) is 23.1 Å². The fourth-order valence-corrected chi connectivity index (χ4v) is 2.63. The fourth-order valence-electron chi connectivity index (χ4n) is 2.47. The van der Waals surface area contributed by atoms with Crippen molar-refractivity contribution in [3.05, 3.63) is 23.4 Å². The van der Waals surface area contributed by atoms with E-state index in [2.05, 4.69) is 9.88 Å². The van der Waals surface area contributed by atoms with E-state index in [4.69, 9.17) is 16.3 Å². The number of rotatable bonds is 3. The molecule has 0 spiro atoms. The highest BCUT2D eigenvalue weighted by atomic mass is 35.5. The van der Waals surface area contributed by atoms with Crippen LogP contribution in [0.2, 0.25) is 5.15 Å². The molecule has 7 nitrogen and oxygen atoms in total. The Hall–Kier alpha value is -2.02. The first kappa shape index (κ1) is 19.3. The molecule has 1 aromatic rings. The predicted octanol–water partition coefficient (Wildman–Crippen LogP) is 2.25. The SMILES string of the molecule is CN(CC(=O)N1CCN(c2cccc(Cl)n2)CC1)C(=O)OC(C)(C)C. The van der Waals surface area contributed by atoms with Crippen LogP contribution in [0.15, 0.2) is 18.2 Å². The lowest BCUT2D eigenvalue weighted by Crippen LogP contribution is -2.51. The number of carbonyl (C=O) groups is 2. The molecule has 0 unspecified atom stereocenters. The molecule has 1 fully saturated rings. The van der Waals surface area contributed by atoms with Crippen LogP contribution in [-0.2, 0) is 9.53 Å². The number of pyridine rings is 1. The summed E-state index contributed by atoms with van der Waals surface area (Å²) in [5.74, 6) is 0.720. The van der Waals surface area contributed by atoms with Gasteiger partial charge in [0.15, 0.2) is 0 Å². The first-order valence-electron chi connectivity index (χ1n) is 8.25. The van der Waals surface area contributed by atoms with Gasteiger partial charge in [-0.25, -0.2) is 9.78 Å². The van der Waals surface area contributed by atoms with Crippen LogP contribution in [0.5, 0.6) is 0 Å². The van der Waals surface area contributed by atoms with Crippen molar-refractivity contribution in [2.24, 2.45) is 0 Å². The maximum absolute atomic E-state index is 12.4. The predicted molar refractivity (Wildman–Crippen MR) is 96.9 cm³/mol. The molecule has 8 heteroatoms. The number of likely N-dealkylation sites (N-methyl/N-ethyl adjacent to an activating group) is 1. The summed E-state index contributed by atoms with van der Waals surface area (Å²) in [6, 6.07) is 5.50. The van der Waals surface area contributed by atoms with Crippen molar-refractivity contribution in [3.8, 4) is 0 Å². The highest BCUT2D eigenvalue weighted by Crippen LogP contribution is 2.16. The van der Waals surface area contributed by atoms with Crippen molar-refractivity contribution < 1.29 is 14.3 Å². The van der Waals surface area contributed by atoms with Crippen LogP contribution in [0.1, 0.15) is 20.8 Å². The number of aromatic nitrogens is 1. The second-order valence-electron chi connectivity index (χ2n) is 7.02. The molecular formula is C17H25ClN4O3. The van der Waals surface area contributed by atoms with E-state index in [0.29, 0.717) is 31.3 Å². The summed E-state index contributed by atoms with van der Waals surface area (Å²) in [5.41, 5.74) is -0.579. The molecule has 1 aromatic heterocycles. The summed E-state index contributed by atoms with van der Waals surface area (Å²) in [5, 5.41) is 0.454. The first-order valence-corrected chi connectivity index (χ1v) is 8.63. The van der Waals surface area contributed by atoms with Gasteiger partial charge in [-0.3, -0.25) is 4.79 Å². The third-order valence-corrected chi connectivity index (χ3v) is 3.94. The number of ether oxygens (including phenoxy) is 1. The maximum Gasteiger partial charge on any atom is 0.410 e. The van der Waals surface area contributed by atoms with Crippen LogP contribution in [0.4, 0.5) is 10.6 Å². The summed E-state index contributed by atoms with van der Waals surface area (Å²) in [4.78, 5) is 33.8. The van der Waals surface area contributed by atoms with Crippen LogP contribution in [0.3, 0.4) is 0 Å². The normalized spacial score (nSPS) is 15.1. The van der Waals surface area contributed by atoms with E-state index in [0.717, 1.165) is 5.82 Å². The molecular weight excluding hydrogens is 344 g/mol. The minimum absolute atomic E-state index is 0.00429. The molecule has 25 heavy (non-hydrogen) atoms. The van der Waals surface area contributed by atoms with Gasteiger partial charge in [-0.2, -0.15) is 0 Å². The van der Waals surface area contributed by atoms with Crippen LogP contribution in [0, 0.1) is 0 Å². The summed E-state index contributed by atoms with van der Waals surface area (Å²) < 4.78 is 5.26. The van der Waals surface area contributed by atoms with Gasteiger partial charge in [0.2, 0.25) is 5.91 Å². The standard InChI is InChI=1S/C17H25ClN4O3/c1-17(2,3)25-16(24)20(4)12-15(23)22-10-8-21(9-11-22)14-7-5-6-13(18)19-14/h5-7H,8-12H2,1-4H3. The van der Waals surface area contributed by atoms with E-state index in [-0.39, 0.29) is 12.5 Å². The minimum Gasteiger partial charge on any atom is -0.444 e. The smallest absolute Gasteiger partial charge is 0.410 e. The van der Waals surface area contributed by atoms with E-state index < -0.39 is 11.7 Å². The van der Waals surface area contributed by atoms with Crippen molar-refractivity contribution in [3.63, 3.8) is 0 Å². The van der Waals surface area contributed by atoms with E-state index in [1.54, 1.807) is 38.8 Å². The molecule has 0 radical (unpaired) electrons. The zero-order valence-corrected chi connectivity index (χ0v) is 15.9. The third-order valence-electron chi connectivity index (χ3n) is 3.73. The second kappa shape index (κ2) is 7.91. The van der Waals surface area contributed by atoms with Gasteiger partial charge >= 0.3 is 6.09 Å². The van der Waals surface area contributed by atoms with Crippen molar-refractivity contribution in [2.75, 3.05) is 44.7 Å². The average molecular weight is 369 g/mol. The van der Waals surface area contributed by atoms with Crippen LogP contribution in [0.25, 0.3) is 0 Å². The Morgan fingerprint density at radius 3 is 2.44 bits per heavy atom. The van der Waals surface area contributed by atoms with E-state index in [9.17, 15) is 9.59 Å². The van der Waals surface area contributed by atoms with Gasteiger partial charge < -0.3 is 19.4 Å². The van der Waals surface area contributed by atoms with E-state index in [1.165, 1.54) is 4.90 Å². The molecule has 0 saturated carbocycles. The van der Waals surface area contributed by atoms with E-state index >= 15 is 0 Å². The molecule has 1 saturated heterocycles. The Labute approximate surface area is 153 Å². The largest absolute Gasteiger partial charge is 0.444 e. The lowest BCUT2D eigenvalue weighted by atomic mass is 10.2. The number of nitrogens with zero attached hydrogens (tertiary/aromatic N) is 4. The van der Waals surface area contributed by atoms with Crippen molar-refractivity contribution in [1.82, 2.24) is 14.8 Å². The highest BCUT2D eigenvalue weighted by molar-refractivity contribution is 6.29. The molecule has 0 N–H and O–H groups in total. The number of hydrogen-bond acceptors (Lipinski definition) is 5. The van der Waals surface area contributed by atoms with Crippen molar-refractivity contribution in [2.45, 2.75) is 26.4 Å². The first-order chi connectivity index (χ1) is 11.7. The number of halogens is 1. The fraction of sp³-hybridized carbons (Fsp3) is 0.588. The summed E-state index contributed by atoms with van der Waals surface area (Å²) in [6.07, 6.45) is -0.498. The topological polar surface area (TPSA) is 66.0 Å². The molecule has 0 atom stereocenters. The number of piperazine rings is 1. The summed E-state index contributed by atoms with van der Waals surface area (Å²) >= 11 is 5.92. The van der Waals surface area contributed by atoms with Gasteiger partial charge in [-0.1, -0.05) is 17.7 Å². The van der Waals surface area contributed by atoms with Gasteiger partial charge in [-0.05, 0) is 32.9 Å². The molecule has 0 aliphatic carbocycles. The number of hydrogen-bond donors (Lipinski definition) is 0. The number of anilines is 1. The minimum atomic E-state index is -0.579. The number of carbonyl (C=O) groups excluding carboxylic acids is 2. The lowest BCUT2D eigenvalue weighted by molar-refractivity contribution is -0.132. The average Bonchev–Trinajstić information content (AvgIpc) is 2.53. The monoisotopic (exact) mass is 368 g/mol. The van der Waals surface area contributed by atoms with Crippen LogP contribution < -0.4 is 4.90 Å². The molecule has 0 aromatic carbocycles. The van der Waals surface area contributed by atoms with Crippen molar-refractivity contribution >= 4 is 29.4 Å².